The van der Waals surface area contributed by atoms with Gasteiger partial charge in [-0.25, -0.2) is 0 Å². The molecule has 2 nitrogen and oxygen atoms in total. The molecule has 0 saturated heterocycles. The molecule has 0 bridgehead atoms. The van der Waals surface area contributed by atoms with Gasteiger partial charge in [-0.05, 0) is 37.0 Å². The van der Waals surface area contributed by atoms with E-state index in [1.807, 2.05) is 6.07 Å². The van der Waals surface area contributed by atoms with Crippen molar-refractivity contribution in [3.8, 4) is 0 Å². The molecule has 2 N–H and O–H groups in total. The van der Waals surface area contributed by atoms with Gasteiger partial charge in [0.15, 0.2) is 0 Å². The van der Waals surface area contributed by atoms with Gasteiger partial charge in [0.25, 0.3) is 0 Å². The van der Waals surface area contributed by atoms with Gasteiger partial charge in [0, 0.05) is 6.04 Å². The summed E-state index contributed by atoms with van der Waals surface area (Å²) in [4.78, 5) is 0. The Labute approximate surface area is 127 Å². The van der Waals surface area contributed by atoms with E-state index in [2.05, 4.69) is 68.6 Å². The first-order valence-corrected chi connectivity index (χ1v) is 7.64. The van der Waals surface area contributed by atoms with Gasteiger partial charge in [-0.1, -0.05) is 61.0 Å². The maximum atomic E-state index is 9.53. The molecule has 2 aromatic rings. The Bertz CT molecular complexity index is 561. The van der Waals surface area contributed by atoms with E-state index in [1.54, 1.807) is 0 Å². The molecule has 0 aliphatic heterocycles. The summed E-state index contributed by atoms with van der Waals surface area (Å²) >= 11 is 0. The molecular formula is C19H25NO. The highest BCUT2D eigenvalue weighted by molar-refractivity contribution is 5.39. The molecule has 0 aromatic heterocycles. The second kappa shape index (κ2) is 7.39. The standard InChI is InChI=1S/C19H25NO/c1-4-17(13-21)20-19(16-8-6-5-7-9-16)18-12-14(2)10-11-15(18)3/h5-12,17,19-21H,4,13H2,1-3H3/t17-,19?/m0/s1. The van der Waals surface area contributed by atoms with Crippen LogP contribution in [0, 0.1) is 13.8 Å². The fraction of sp³-hybridized carbons (Fsp3) is 0.368. The zero-order valence-corrected chi connectivity index (χ0v) is 13.1. The summed E-state index contributed by atoms with van der Waals surface area (Å²) in [5, 5.41) is 13.1. The summed E-state index contributed by atoms with van der Waals surface area (Å²) in [5.74, 6) is 0. The summed E-state index contributed by atoms with van der Waals surface area (Å²) in [7, 11) is 0. The molecule has 21 heavy (non-hydrogen) atoms. The van der Waals surface area contributed by atoms with Crippen LogP contribution in [-0.4, -0.2) is 17.8 Å². The van der Waals surface area contributed by atoms with Crippen molar-refractivity contribution >= 4 is 0 Å². The van der Waals surface area contributed by atoms with E-state index in [9.17, 15) is 5.11 Å². The molecule has 0 heterocycles. The van der Waals surface area contributed by atoms with Gasteiger partial charge >= 0.3 is 0 Å². The lowest BCUT2D eigenvalue weighted by Gasteiger charge is -2.26. The van der Waals surface area contributed by atoms with Gasteiger partial charge in [0.05, 0.1) is 12.6 Å². The van der Waals surface area contributed by atoms with E-state index >= 15 is 0 Å². The molecule has 1 unspecified atom stereocenters. The minimum atomic E-state index is 0.107. The smallest absolute Gasteiger partial charge is 0.0584 e. The predicted octanol–water partition coefficient (Wildman–Crippen LogP) is 3.75. The molecule has 0 saturated carbocycles. The maximum absolute atomic E-state index is 9.53. The Morgan fingerprint density at radius 3 is 2.38 bits per heavy atom. The van der Waals surface area contributed by atoms with Gasteiger partial charge in [0.1, 0.15) is 0 Å². The van der Waals surface area contributed by atoms with Crippen LogP contribution in [0.15, 0.2) is 48.5 Å². The summed E-state index contributed by atoms with van der Waals surface area (Å²) in [5.41, 5.74) is 5.05. The minimum absolute atomic E-state index is 0.107. The third kappa shape index (κ3) is 3.93. The molecule has 0 aliphatic rings. The average Bonchev–Trinajstić information content (AvgIpc) is 2.52. The van der Waals surface area contributed by atoms with Gasteiger partial charge in [-0.3, -0.25) is 0 Å². The highest BCUT2D eigenvalue weighted by Gasteiger charge is 2.19. The molecular weight excluding hydrogens is 258 g/mol. The fourth-order valence-corrected chi connectivity index (χ4v) is 2.62. The number of aryl methyl sites for hydroxylation is 2. The number of benzene rings is 2. The zero-order valence-electron chi connectivity index (χ0n) is 13.1. The van der Waals surface area contributed by atoms with E-state index in [1.165, 1.54) is 22.3 Å². The Balaban J connectivity index is 2.42. The Morgan fingerprint density at radius 1 is 1.05 bits per heavy atom. The third-order valence-electron chi connectivity index (χ3n) is 3.99. The highest BCUT2D eigenvalue weighted by Crippen LogP contribution is 2.26. The number of aliphatic hydroxyl groups excluding tert-OH is 1. The van der Waals surface area contributed by atoms with Crippen LogP contribution in [0.5, 0.6) is 0 Å². The first-order chi connectivity index (χ1) is 10.2. The van der Waals surface area contributed by atoms with Crippen molar-refractivity contribution in [2.75, 3.05) is 6.61 Å². The van der Waals surface area contributed by atoms with Crippen molar-refractivity contribution in [2.45, 2.75) is 39.3 Å². The van der Waals surface area contributed by atoms with Crippen LogP contribution in [0.3, 0.4) is 0 Å². The van der Waals surface area contributed by atoms with E-state index < -0.39 is 0 Å². The van der Waals surface area contributed by atoms with E-state index in [-0.39, 0.29) is 18.7 Å². The summed E-state index contributed by atoms with van der Waals surface area (Å²) in [6.07, 6.45) is 0.907. The average molecular weight is 283 g/mol. The number of hydrogen-bond donors (Lipinski definition) is 2. The Hall–Kier alpha value is -1.64. The SMILES string of the molecule is CC[C@@H](CO)NC(c1ccccc1)c1cc(C)ccc1C. The van der Waals surface area contributed by atoms with Crippen LogP contribution in [0.4, 0.5) is 0 Å². The van der Waals surface area contributed by atoms with E-state index in [4.69, 9.17) is 0 Å². The second-order valence-electron chi connectivity index (χ2n) is 5.66. The molecule has 0 spiro atoms. The van der Waals surface area contributed by atoms with Crippen LogP contribution < -0.4 is 5.32 Å². The summed E-state index contributed by atoms with van der Waals surface area (Å²) in [6, 6.07) is 17.2. The molecule has 2 rings (SSSR count). The Morgan fingerprint density at radius 2 is 1.76 bits per heavy atom. The normalized spacial score (nSPS) is 13.9. The van der Waals surface area contributed by atoms with Gasteiger partial charge in [0.2, 0.25) is 0 Å². The number of aliphatic hydroxyl groups is 1. The monoisotopic (exact) mass is 283 g/mol. The van der Waals surface area contributed by atoms with Crippen LogP contribution in [0.2, 0.25) is 0 Å². The van der Waals surface area contributed by atoms with Crippen molar-refractivity contribution in [3.05, 3.63) is 70.8 Å². The molecule has 0 amide bonds. The Kier molecular flexibility index (Phi) is 5.54. The second-order valence-corrected chi connectivity index (χ2v) is 5.66. The quantitative estimate of drug-likeness (QED) is 0.846. The molecule has 0 aliphatic carbocycles. The predicted molar refractivity (Wildman–Crippen MR) is 88.5 cm³/mol. The molecule has 112 valence electrons. The van der Waals surface area contributed by atoms with Crippen molar-refractivity contribution in [2.24, 2.45) is 0 Å². The largest absolute Gasteiger partial charge is 0.395 e. The first-order valence-electron chi connectivity index (χ1n) is 7.64. The number of hydrogen-bond acceptors (Lipinski definition) is 2. The van der Waals surface area contributed by atoms with Crippen molar-refractivity contribution in [1.29, 1.82) is 0 Å². The van der Waals surface area contributed by atoms with Crippen LogP contribution >= 0.6 is 0 Å². The van der Waals surface area contributed by atoms with Gasteiger partial charge in [-0.15, -0.1) is 0 Å². The van der Waals surface area contributed by atoms with Crippen molar-refractivity contribution in [1.82, 2.24) is 5.32 Å². The van der Waals surface area contributed by atoms with Crippen LogP contribution in [0.25, 0.3) is 0 Å². The molecule has 2 heteroatoms. The lowest BCUT2D eigenvalue weighted by atomic mass is 9.92. The van der Waals surface area contributed by atoms with E-state index in [0.29, 0.717) is 0 Å². The van der Waals surface area contributed by atoms with Crippen LogP contribution in [0.1, 0.15) is 41.6 Å². The lowest BCUT2D eigenvalue weighted by Crippen LogP contribution is -2.36. The summed E-state index contributed by atoms with van der Waals surface area (Å²) in [6.45, 7) is 6.52. The van der Waals surface area contributed by atoms with Crippen molar-refractivity contribution in [3.63, 3.8) is 0 Å². The molecule has 2 aromatic carbocycles. The third-order valence-corrected chi connectivity index (χ3v) is 3.99. The molecule has 0 radical (unpaired) electrons. The topological polar surface area (TPSA) is 32.3 Å². The van der Waals surface area contributed by atoms with Crippen LogP contribution in [-0.2, 0) is 0 Å². The van der Waals surface area contributed by atoms with Gasteiger partial charge < -0.3 is 10.4 Å². The fourth-order valence-electron chi connectivity index (χ4n) is 2.62. The first kappa shape index (κ1) is 15.7. The highest BCUT2D eigenvalue weighted by atomic mass is 16.3. The lowest BCUT2D eigenvalue weighted by molar-refractivity contribution is 0.232. The van der Waals surface area contributed by atoms with Gasteiger partial charge in [-0.2, -0.15) is 0 Å². The minimum Gasteiger partial charge on any atom is -0.395 e. The maximum Gasteiger partial charge on any atom is 0.0584 e. The zero-order chi connectivity index (χ0) is 15.2. The number of nitrogens with one attached hydrogen (secondary N) is 1. The molecule has 0 fully saturated rings. The summed E-state index contributed by atoms with van der Waals surface area (Å²) < 4.78 is 0. The number of rotatable bonds is 6. The van der Waals surface area contributed by atoms with E-state index in [0.717, 1.165) is 6.42 Å². The molecule has 2 atom stereocenters. The van der Waals surface area contributed by atoms with Crippen molar-refractivity contribution < 1.29 is 5.11 Å².